The number of ether oxygens (including phenoxy) is 2. The van der Waals surface area contributed by atoms with Gasteiger partial charge in [0.15, 0.2) is 6.10 Å². The van der Waals surface area contributed by atoms with Crippen molar-refractivity contribution < 1.29 is 24.2 Å². The van der Waals surface area contributed by atoms with E-state index < -0.39 is 18.0 Å². The molecule has 0 aliphatic heterocycles. The molecule has 1 aliphatic rings. The number of hydrogen-bond acceptors (Lipinski definition) is 4. The molecule has 1 unspecified atom stereocenters. The van der Waals surface area contributed by atoms with Gasteiger partial charge < -0.3 is 14.6 Å². The zero-order chi connectivity index (χ0) is 22.8. The first kappa shape index (κ1) is 23.0. The molecule has 5 nitrogen and oxygen atoms in total. The molecule has 1 atom stereocenters. The Balaban J connectivity index is 1.91. The number of carboxylic acids is 1. The largest absolute Gasteiger partial charge is 0.478 e. The van der Waals surface area contributed by atoms with E-state index in [1.807, 2.05) is 13.0 Å². The molecule has 0 amide bonds. The van der Waals surface area contributed by atoms with Crippen LogP contribution < -0.4 is 4.74 Å². The van der Waals surface area contributed by atoms with Crippen LogP contribution in [0.3, 0.4) is 0 Å². The monoisotopic (exact) mass is 424 g/mol. The van der Waals surface area contributed by atoms with Crippen LogP contribution in [-0.4, -0.2) is 23.7 Å². The van der Waals surface area contributed by atoms with Gasteiger partial charge in [-0.05, 0) is 71.0 Å². The number of aromatic carboxylic acids is 1. The third kappa shape index (κ3) is 4.99. The summed E-state index contributed by atoms with van der Waals surface area (Å²) in [5.74, 6) is -1.24. The maximum atomic E-state index is 13.0. The Morgan fingerprint density at radius 3 is 2.16 bits per heavy atom. The number of carboxylic acid groups (broad SMARTS) is 1. The molecular weight excluding hydrogens is 392 g/mol. The highest BCUT2D eigenvalue weighted by molar-refractivity contribution is 5.88. The summed E-state index contributed by atoms with van der Waals surface area (Å²) in [5, 5.41) is 9.04. The smallest absolute Gasteiger partial charge is 0.345 e. The standard InChI is InChI=1S/C26H32O5/c1-6-15-30-22(24(29)31-19-10-7-17(8-11-19)23(27)28)18-9-12-20-21(16-18)26(4,5)14-13-25(20,2)3/h7-12,16,22H,6,13-15H2,1-5H3,(H,27,28). The molecule has 0 saturated carbocycles. The topological polar surface area (TPSA) is 72.8 Å². The highest BCUT2D eigenvalue weighted by Crippen LogP contribution is 2.46. The average molecular weight is 425 g/mol. The van der Waals surface area contributed by atoms with Gasteiger partial charge in [-0.2, -0.15) is 0 Å². The summed E-state index contributed by atoms with van der Waals surface area (Å²) in [6.45, 7) is 11.4. The molecule has 0 bridgehead atoms. The molecule has 0 spiro atoms. The van der Waals surface area contributed by atoms with Crippen LogP contribution in [0, 0.1) is 0 Å². The second-order valence-corrected chi connectivity index (χ2v) is 9.57. The lowest BCUT2D eigenvalue weighted by Gasteiger charge is -2.42. The van der Waals surface area contributed by atoms with Crippen molar-refractivity contribution in [2.45, 2.75) is 70.8 Å². The van der Waals surface area contributed by atoms with E-state index in [-0.39, 0.29) is 16.4 Å². The molecule has 166 valence electrons. The van der Waals surface area contributed by atoms with E-state index >= 15 is 0 Å². The summed E-state index contributed by atoms with van der Waals surface area (Å²) in [4.78, 5) is 24.1. The highest BCUT2D eigenvalue weighted by atomic mass is 16.6. The molecule has 0 aromatic heterocycles. The van der Waals surface area contributed by atoms with Crippen LogP contribution in [0.25, 0.3) is 0 Å². The number of hydrogen-bond donors (Lipinski definition) is 1. The van der Waals surface area contributed by atoms with E-state index in [9.17, 15) is 9.59 Å². The zero-order valence-electron chi connectivity index (χ0n) is 19.0. The zero-order valence-corrected chi connectivity index (χ0v) is 19.0. The van der Waals surface area contributed by atoms with Crippen LogP contribution in [0.4, 0.5) is 0 Å². The van der Waals surface area contributed by atoms with E-state index in [1.54, 1.807) is 0 Å². The predicted octanol–water partition coefficient (Wildman–Crippen LogP) is 5.81. The van der Waals surface area contributed by atoms with E-state index in [0.717, 1.165) is 24.8 Å². The van der Waals surface area contributed by atoms with Gasteiger partial charge in [-0.1, -0.05) is 52.8 Å². The Hall–Kier alpha value is -2.66. The van der Waals surface area contributed by atoms with Gasteiger partial charge >= 0.3 is 11.9 Å². The first-order chi connectivity index (χ1) is 14.5. The second-order valence-electron chi connectivity index (χ2n) is 9.57. The van der Waals surface area contributed by atoms with Crippen molar-refractivity contribution >= 4 is 11.9 Å². The Bertz CT molecular complexity index is 956. The summed E-state index contributed by atoms with van der Waals surface area (Å²) < 4.78 is 11.5. The van der Waals surface area contributed by atoms with Gasteiger partial charge in [0.2, 0.25) is 0 Å². The molecule has 2 aromatic rings. The van der Waals surface area contributed by atoms with Crippen LogP contribution in [0.2, 0.25) is 0 Å². The summed E-state index contributed by atoms with van der Waals surface area (Å²) in [5.41, 5.74) is 3.61. The highest BCUT2D eigenvalue weighted by Gasteiger charge is 2.38. The molecule has 0 fully saturated rings. The molecule has 1 N–H and O–H groups in total. The first-order valence-corrected chi connectivity index (χ1v) is 10.9. The van der Waals surface area contributed by atoms with Crippen LogP contribution in [0.15, 0.2) is 42.5 Å². The van der Waals surface area contributed by atoms with E-state index in [1.165, 1.54) is 35.4 Å². The van der Waals surface area contributed by atoms with Crippen LogP contribution in [0.1, 0.15) is 87.0 Å². The lowest BCUT2D eigenvalue weighted by molar-refractivity contribution is -0.148. The summed E-state index contributed by atoms with van der Waals surface area (Å²) >= 11 is 0. The first-order valence-electron chi connectivity index (χ1n) is 10.9. The fraction of sp³-hybridized carbons (Fsp3) is 0.462. The minimum absolute atomic E-state index is 0.0206. The SMILES string of the molecule is CCCOC(C(=O)Oc1ccc(C(=O)O)cc1)c1ccc2c(c1)C(C)(C)CCC2(C)C. The van der Waals surface area contributed by atoms with Crippen LogP contribution in [-0.2, 0) is 20.4 Å². The van der Waals surface area contributed by atoms with Crippen molar-refractivity contribution in [2.75, 3.05) is 6.61 Å². The molecule has 31 heavy (non-hydrogen) atoms. The summed E-state index contributed by atoms with van der Waals surface area (Å²) in [6, 6.07) is 12.0. The van der Waals surface area contributed by atoms with Gasteiger partial charge in [0.05, 0.1) is 5.56 Å². The average Bonchev–Trinajstić information content (AvgIpc) is 2.72. The molecule has 1 aliphatic carbocycles. The fourth-order valence-electron chi connectivity index (χ4n) is 4.14. The van der Waals surface area contributed by atoms with Crippen LogP contribution >= 0.6 is 0 Å². The Morgan fingerprint density at radius 2 is 1.58 bits per heavy atom. The van der Waals surface area contributed by atoms with Gasteiger partial charge in [-0.25, -0.2) is 9.59 Å². The van der Waals surface area contributed by atoms with E-state index in [0.29, 0.717) is 12.4 Å². The minimum Gasteiger partial charge on any atom is -0.478 e. The van der Waals surface area contributed by atoms with Gasteiger partial charge in [0.25, 0.3) is 0 Å². The lowest BCUT2D eigenvalue weighted by atomic mass is 9.63. The minimum atomic E-state index is -1.03. The van der Waals surface area contributed by atoms with Crippen molar-refractivity contribution in [3.8, 4) is 5.75 Å². The molecule has 0 radical (unpaired) electrons. The predicted molar refractivity (Wildman–Crippen MR) is 120 cm³/mol. The molecule has 0 saturated heterocycles. The quantitative estimate of drug-likeness (QED) is 0.449. The molecule has 5 heteroatoms. The summed E-state index contributed by atoms with van der Waals surface area (Å²) in [7, 11) is 0. The van der Waals surface area contributed by atoms with Crippen molar-refractivity contribution in [1.82, 2.24) is 0 Å². The maximum absolute atomic E-state index is 13.0. The Kier molecular flexibility index (Phi) is 6.56. The van der Waals surface area contributed by atoms with Crippen molar-refractivity contribution in [1.29, 1.82) is 0 Å². The molecular formula is C26H32O5. The molecule has 2 aromatic carbocycles. The molecule has 0 heterocycles. The van der Waals surface area contributed by atoms with Gasteiger partial charge in [0.1, 0.15) is 5.75 Å². The fourth-order valence-corrected chi connectivity index (χ4v) is 4.14. The van der Waals surface area contributed by atoms with Crippen molar-refractivity contribution in [3.05, 3.63) is 64.7 Å². The van der Waals surface area contributed by atoms with Gasteiger partial charge in [0, 0.05) is 6.61 Å². The normalized spacial score (nSPS) is 17.5. The second kappa shape index (κ2) is 8.83. The number of benzene rings is 2. The van der Waals surface area contributed by atoms with Crippen molar-refractivity contribution in [2.24, 2.45) is 0 Å². The number of fused-ring (bicyclic) bond motifs is 1. The molecule has 3 rings (SSSR count). The van der Waals surface area contributed by atoms with E-state index in [4.69, 9.17) is 14.6 Å². The van der Waals surface area contributed by atoms with Gasteiger partial charge in [-0.3, -0.25) is 0 Å². The van der Waals surface area contributed by atoms with Crippen molar-refractivity contribution in [3.63, 3.8) is 0 Å². The Labute approximate surface area is 184 Å². The lowest BCUT2D eigenvalue weighted by Crippen LogP contribution is -2.34. The summed E-state index contributed by atoms with van der Waals surface area (Å²) in [6.07, 6.45) is 2.14. The maximum Gasteiger partial charge on any atom is 0.345 e. The van der Waals surface area contributed by atoms with Gasteiger partial charge in [-0.15, -0.1) is 0 Å². The number of rotatable bonds is 7. The number of carbonyl (C=O) groups excluding carboxylic acids is 1. The third-order valence-corrected chi connectivity index (χ3v) is 6.20. The Morgan fingerprint density at radius 1 is 0.968 bits per heavy atom. The number of carbonyl (C=O) groups is 2. The van der Waals surface area contributed by atoms with E-state index in [2.05, 4.69) is 39.8 Å². The van der Waals surface area contributed by atoms with Crippen LogP contribution in [0.5, 0.6) is 5.75 Å². The number of esters is 1. The third-order valence-electron chi connectivity index (χ3n) is 6.20.